The Morgan fingerprint density at radius 3 is 2.91 bits per heavy atom. The molecule has 1 aromatic carbocycles. The SMILES string of the molecule is CCCNc1ncnc(-n2nnc3ccccc32)c1[N+](=O)[O-]. The molecule has 0 fully saturated rings. The summed E-state index contributed by atoms with van der Waals surface area (Å²) in [7, 11) is 0. The normalized spacial score (nSPS) is 10.8. The lowest BCUT2D eigenvalue weighted by atomic mass is 10.3. The van der Waals surface area contributed by atoms with E-state index in [-0.39, 0.29) is 17.3 Å². The van der Waals surface area contributed by atoms with Gasteiger partial charge in [-0.3, -0.25) is 10.1 Å². The minimum absolute atomic E-state index is 0.0901. The molecule has 112 valence electrons. The number of rotatable bonds is 5. The van der Waals surface area contributed by atoms with Gasteiger partial charge in [-0.1, -0.05) is 24.3 Å². The molecule has 0 amide bonds. The van der Waals surface area contributed by atoms with Crippen LogP contribution in [0.25, 0.3) is 16.9 Å². The first kappa shape index (κ1) is 13.9. The zero-order chi connectivity index (χ0) is 15.5. The van der Waals surface area contributed by atoms with Crippen LogP contribution < -0.4 is 5.32 Å². The minimum Gasteiger partial charge on any atom is -0.364 e. The van der Waals surface area contributed by atoms with Crippen LogP contribution in [0, 0.1) is 10.1 Å². The summed E-state index contributed by atoms with van der Waals surface area (Å²) >= 11 is 0. The molecule has 2 aromatic heterocycles. The highest BCUT2D eigenvalue weighted by Gasteiger charge is 2.25. The first-order valence-electron chi connectivity index (χ1n) is 6.76. The quantitative estimate of drug-likeness (QED) is 0.566. The zero-order valence-electron chi connectivity index (χ0n) is 11.8. The van der Waals surface area contributed by atoms with Crippen LogP contribution in [-0.2, 0) is 0 Å². The molecule has 0 unspecified atom stereocenters. The van der Waals surface area contributed by atoms with Gasteiger partial charge in [0.2, 0.25) is 11.6 Å². The van der Waals surface area contributed by atoms with Gasteiger partial charge in [0.1, 0.15) is 11.8 Å². The summed E-state index contributed by atoms with van der Waals surface area (Å²) in [6.45, 7) is 2.54. The van der Waals surface area contributed by atoms with Crippen LogP contribution in [0.1, 0.15) is 13.3 Å². The highest BCUT2D eigenvalue weighted by atomic mass is 16.6. The molecule has 0 saturated heterocycles. The lowest BCUT2D eigenvalue weighted by molar-refractivity contribution is -0.384. The van der Waals surface area contributed by atoms with Gasteiger partial charge < -0.3 is 5.32 Å². The van der Waals surface area contributed by atoms with Gasteiger partial charge in [0.05, 0.1) is 10.4 Å². The van der Waals surface area contributed by atoms with Crippen LogP contribution >= 0.6 is 0 Å². The third-order valence-electron chi connectivity index (χ3n) is 3.08. The Hall–Kier alpha value is -3.10. The van der Waals surface area contributed by atoms with Crippen molar-refractivity contribution in [2.75, 3.05) is 11.9 Å². The van der Waals surface area contributed by atoms with Gasteiger partial charge in [-0.25, -0.2) is 9.97 Å². The number of para-hydroxylation sites is 1. The maximum Gasteiger partial charge on any atom is 0.355 e. The van der Waals surface area contributed by atoms with Gasteiger partial charge in [0, 0.05) is 6.54 Å². The van der Waals surface area contributed by atoms with E-state index < -0.39 is 4.92 Å². The van der Waals surface area contributed by atoms with Crippen molar-refractivity contribution < 1.29 is 4.92 Å². The number of anilines is 1. The molecular weight excluding hydrogens is 286 g/mol. The zero-order valence-corrected chi connectivity index (χ0v) is 11.8. The van der Waals surface area contributed by atoms with Gasteiger partial charge in [-0.2, -0.15) is 4.68 Å². The fourth-order valence-corrected chi connectivity index (χ4v) is 2.09. The minimum atomic E-state index is -0.510. The van der Waals surface area contributed by atoms with E-state index in [1.54, 1.807) is 12.1 Å². The molecule has 9 nitrogen and oxygen atoms in total. The third-order valence-corrected chi connectivity index (χ3v) is 3.08. The van der Waals surface area contributed by atoms with Crippen molar-refractivity contribution in [1.82, 2.24) is 25.0 Å². The Kier molecular flexibility index (Phi) is 3.60. The van der Waals surface area contributed by atoms with E-state index in [0.717, 1.165) is 6.42 Å². The van der Waals surface area contributed by atoms with Crippen molar-refractivity contribution >= 4 is 22.5 Å². The van der Waals surface area contributed by atoms with Gasteiger partial charge in [0.25, 0.3) is 0 Å². The first-order chi connectivity index (χ1) is 10.7. The van der Waals surface area contributed by atoms with E-state index in [4.69, 9.17) is 0 Å². The Balaban J connectivity index is 2.20. The van der Waals surface area contributed by atoms with E-state index in [0.29, 0.717) is 17.6 Å². The fraction of sp³-hybridized carbons (Fsp3) is 0.231. The van der Waals surface area contributed by atoms with Gasteiger partial charge >= 0.3 is 5.69 Å². The second-order valence-electron chi connectivity index (χ2n) is 4.57. The standard InChI is InChI=1S/C13H13N7O2/c1-2-7-14-12-11(20(21)22)13(16-8-15-12)19-10-6-4-3-5-9(10)17-18-19/h3-6,8H,2,7H2,1H3,(H,14,15,16). The first-order valence-corrected chi connectivity index (χ1v) is 6.76. The number of nitrogens with zero attached hydrogens (tertiary/aromatic N) is 6. The molecule has 0 saturated carbocycles. The predicted molar refractivity (Wildman–Crippen MR) is 79.9 cm³/mol. The Labute approximate surface area is 125 Å². The molecule has 2 heterocycles. The molecule has 0 atom stereocenters. The van der Waals surface area contributed by atoms with Crippen molar-refractivity contribution in [3.63, 3.8) is 0 Å². The number of fused-ring (bicyclic) bond motifs is 1. The monoisotopic (exact) mass is 299 g/mol. The molecule has 0 aliphatic heterocycles. The lowest BCUT2D eigenvalue weighted by Crippen LogP contribution is -2.11. The van der Waals surface area contributed by atoms with Crippen LogP contribution in [0.4, 0.5) is 11.5 Å². The molecule has 3 aromatic rings. The summed E-state index contributed by atoms with van der Waals surface area (Å²) in [5.41, 5.74) is 1.07. The average Bonchev–Trinajstić information content (AvgIpc) is 2.96. The van der Waals surface area contributed by atoms with E-state index in [1.807, 2.05) is 19.1 Å². The maximum absolute atomic E-state index is 11.5. The van der Waals surface area contributed by atoms with Gasteiger partial charge in [0.15, 0.2) is 0 Å². The van der Waals surface area contributed by atoms with Crippen molar-refractivity contribution in [1.29, 1.82) is 0 Å². The molecule has 0 aliphatic carbocycles. The lowest BCUT2D eigenvalue weighted by Gasteiger charge is -2.07. The van der Waals surface area contributed by atoms with Crippen molar-refractivity contribution in [3.8, 4) is 5.82 Å². The van der Waals surface area contributed by atoms with E-state index in [9.17, 15) is 10.1 Å². The molecule has 0 radical (unpaired) electrons. The molecule has 0 spiro atoms. The fourth-order valence-electron chi connectivity index (χ4n) is 2.09. The van der Waals surface area contributed by atoms with Crippen LogP contribution in [-0.4, -0.2) is 36.4 Å². The number of benzene rings is 1. The topological polar surface area (TPSA) is 112 Å². The summed E-state index contributed by atoms with van der Waals surface area (Å²) in [6, 6.07) is 7.19. The Morgan fingerprint density at radius 2 is 2.14 bits per heavy atom. The van der Waals surface area contributed by atoms with E-state index in [2.05, 4.69) is 25.6 Å². The molecule has 0 bridgehead atoms. The molecule has 1 N–H and O–H groups in total. The summed E-state index contributed by atoms with van der Waals surface area (Å²) in [5, 5.41) is 22.4. The van der Waals surface area contributed by atoms with Crippen molar-refractivity contribution in [3.05, 3.63) is 40.7 Å². The number of nitrogens with one attached hydrogen (secondary N) is 1. The van der Waals surface area contributed by atoms with Crippen LogP contribution in [0.5, 0.6) is 0 Å². The largest absolute Gasteiger partial charge is 0.364 e. The smallest absolute Gasteiger partial charge is 0.355 e. The molecule has 22 heavy (non-hydrogen) atoms. The molecule has 0 aliphatic rings. The summed E-state index contributed by atoms with van der Waals surface area (Å²) in [4.78, 5) is 18.9. The maximum atomic E-state index is 11.5. The summed E-state index contributed by atoms with van der Waals surface area (Å²) in [6.07, 6.45) is 2.10. The van der Waals surface area contributed by atoms with Gasteiger partial charge in [-0.15, -0.1) is 5.10 Å². The summed E-state index contributed by atoms with van der Waals surface area (Å²) < 4.78 is 1.35. The molecule has 9 heteroatoms. The second kappa shape index (κ2) is 5.72. The Bertz CT molecular complexity index is 830. The van der Waals surface area contributed by atoms with E-state index in [1.165, 1.54) is 11.0 Å². The highest BCUT2D eigenvalue weighted by molar-refractivity contribution is 5.77. The van der Waals surface area contributed by atoms with Gasteiger partial charge in [-0.05, 0) is 18.6 Å². The van der Waals surface area contributed by atoms with Crippen LogP contribution in [0.2, 0.25) is 0 Å². The Morgan fingerprint density at radius 1 is 1.32 bits per heavy atom. The van der Waals surface area contributed by atoms with Crippen LogP contribution in [0.15, 0.2) is 30.6 Å². The molecular formula is C13H13N7O2. The number of hydrogen-bond donors (Lipinski definition) is 1. The van der Waals surface area contributed by atoms with Crippen LogP contribution in [0.3, 0.4) is 0 Å². The number of nitro groups is 1. The molecule has 3 rings (SSSR count). The number of aromatic nitrogens is 5. The average molecular weight is 299 g/mol. The summed E-state index contributed by atoms with van der Waals surface area (Å²) in [5.74, 6) is 0.267. The van der Waals surface area contributed by atoms with E-state index >= 15 is 0 Å². The number of hydrogen-bond acceptors (Lipinski definition) is 7. The van der Waals surface area contributed by atoms with Crippen molar-refractivity contribution in [2.24, 2.45) is 0 Å². The highest BCUT2D eigenvalue weighted by Crippen LogP contribution is 2.28. The second-order valence-corrected chi connectivity index (χ2v) is 4.57. The third kappa shape index (κ3) is 2.32. The predicted octanol–water partition coefficient (Wildman–Crippen LogP) is 1.94. The van der Waals surface area contributed by atoms with Crippen molar-refractivity contribution in [2.45, 2.75) is 13.3 Å².